The van der Waals surface area contributed by atoms with Crippen LogP contribution in [0.3, 0.4) is 0 Å². The zero-order chi connectivity index (χ0) is 20.4. The van der Waals surface area contributed by atoms with E-state index in [4.69, 9.17) is 4.74 Å². The van der Waals surface area contributed by atoms with E-state index in [1.807, 2.05) is 39.0 Å². The van der Waals surface area contributed by atoms with Gasteiger partial charge in [0.05, 0.1) is 23.1 Å². The van der Waals surface area contributed by atoms with E-state index in [-0.39, 0.29) is 5.91 Å². The Morgan fingerprint density at radius 3 is 2.54 bits per heavy atom. The van der Waals surface area contributed by atoms with Crippen molar-refractivity contribution in [3.05, 3.63) is 40.0 Å². The largest absolute Gasteiger partial charge is 0.495 e. The molecule has 0 aliphatic carbocycles. The molecule has 7 heteroatoms. The van der Waals surface area contributed by atoms with E-state index in [0.717, 1.165) is 40.3 Å². The van der Waals surface area contributed by atoms with Crippen molar-refractivity contribution in [3.63, 3.8) is 0 Å². The SMILES string of the molecule is CCN(CC)c1nc(C)nc2sc(C(=O)Nc3cc(C)ccc3OC)c(C)c12. The predicted molar refractivity (Wildman–Crippen MR) is 116 cm³/mol. The fourth-order valence-corrected chi connectivity index (χ4v) is 4.41. The van der Waals surface area contributed by atoms with Gasteiger partial charge in [0.1, 0.15) is 22.2 Å². The van der Waals surface area contributed by atoms with E-state index in [9.17, 15) is 4.79 Å². The normalized spacial score (nSPS) is 10.9. The molecule has 0 radical (unpaired) electrons. The quantitative estimate of drug-likeness (QED) is 0.650. The molecule has 0 aliphatic rings. The van der Waals surface area contributed by atoms with Crippen LogP contribution in [0, 0.1) is 20.8 Å². The van der Waals surface area contributed by atoms with Crippen LogP contribution in [-0.2, 0) is 0 Å². The fourth-order valence-electron chi connectivity index (χ4n) is 3.29. The van der Waals surface area contributed by atoms with E-state index >= 15 is 0 Å². The minimum absolute atomic E-state index is 0.160. The maximum absolute atomic E-state index is 13.1. The predicted octanol–water partition coefficient (Wildman–Crippen LogP) is 4.72. The summed E-state index contributed by atoms with van der Waals surface area (Å²) in [5.74, 6) is 2.08. The molecule has 0 saturated carbocycles. The summed E-state index contributed by atoms with van der Waals surface area (Å²) >= 11 is 1.40. The van der Waals surface area contributed by atoms with Crippen LogP contribution < -0.4 is 15.0 Å². The highest BCUT2D eigenvalue weighted by molar-refractivity contribution is 7.20. The highest BCUT2D eigenvalue weighted by Crippen LogP contribution is 2.36. The van der Waals surface area contributed by atoms with Gasteiger partial charge in [-0.25, -0.2) is 9.97 Å². The van der Waals surface area contributed by atoms with Crippen LogP contribution >= 0.6 is 11.3 Å². The third-order valence-corrected chi connectivity index (χ3v) is 5.94. The van der Waals surface area contributed by atoms with Crippen LogP contribution in [-0.4, -0.2) is 36.1 Å². The van der Waals surface area contributed by atoms with Gasteiger partial charge in [-0.15, -0.1) is 11.3 Å². The Balaban J connectivity index is 2.07. The average Bonchev–Trinajstić information content (AvgIpc) is 2.99. The number of nitrogens with zero attached hydrogens (tertiary/aromatic N) is 3. The molecule has 1 aromatic carbocycles. The molecule has 2 aromatic heterocycles. The first-order valence-corrected chi connectivity index (χ1v) is 10.2. The van der Waals surface area contributed by atoms with E-state index in [0.29, 0.717) is 22.1 Å². The van der Waals surface area contributed by atoms with Crippen molar-refractivity contribution in [2.75, 3.05) is 30.4 Å². The third-order valence-electron chi connectivity index (χ3n) is 4.76. The number of hydrogen-bond donors (Lipinski definition) is 1. The van der Waals surface area contributed by atoms with Crippen molar-refractivity contribution >= 4 is 39.0 Å². The van der Waals surface area contributed by atoms with Gasteiger partial charge in [-0.2, -0.15) is 0 Å². The number of benzene rings is 1. The van der Waals surface area contributed by atoms with Crippen molar-refractivity contribution in [2.45, 2.75) is 34.6 Å². The second kappa shape index (κ2) is 8.14. The lowest BCUT2D eigenvalue weighted by Gasteiger charge is -2.21. The van der Waals surface area contributed by atoms with Gasteiger partial charge in [0.2, 0.25) is 0 Å². The monoisotopic (exact) mass is 398 g/mol. The number of carbonyl (C=O) groups excluding carboxylic acids is 1. The molecular weight excluding hydrogens is 372 g/mol. The first-order valence-electron chi connectivity index (χ1n) is 9.38. The van der Waals surface area contributed by atoms with Gasteiger partial charge in [0.25, 0.3) is 5.91 Å². The number of carbonyl (C=O) groups is 1. The summed E-state index contributed by atoms with van der Waals surface area (Å²) in [4.78, 5) is 26.0. The Labute approximate surface area is 169 Å². The Morgan fingerprint density at radius 2 is 1.89 bits per heavy atom. The van der Waals surface area contributed by atoms with Crippen molar-refractivity contribution in [1.29, 1.82) is 0 Å². The lowest BCUT2D eigenvalue weighted by atomic mass is 10.1. The molecule has 3 rings (SSSR count). The molecule has 3 aromatic rings. The Bertz CT molecular complexity index is 1020. The minimum atomic E-state index is -0.160. The minimum Gasteiger partial charge on any atom is -0.495 e. The number of fused-ring (bicyclic) bond motifs is 1. The lowest BCUT2D eigenvalue weighted by molar-refractivity contribution is 0.102. The highest BCUT2D eigenvalue weighted by atomic mass is 32.1. The summed E-state index contributed by atoms with van der Waals surface area (Å²) in [5.41, 5.74) is 2.62. The van der Waals surface area contributed by atoms with Gasteiger partial charge >= 0.3 is 0 Å². The van der Waals surface area contributed by atoms with E-state index in [1.54, 1.807) is 7.11 Å². The summed E-state index contributed by atoms with van der Waals surface area (Å²) in [6.45, 7) is 11.7. The zero-order valence-corrected chi connectivity index (χ0v) is 18.0. The van der Waals surface area contributed by atoms with Gasteiger partial charge in [0.15, 0.2) is 0 Å². The number of amides is 1. The van der Waals surface area contributed by atoms with Gasteiger partial charge < -0.3 is 15.0 Å². The zero-order valence-electron chi connectivity index (χ0n) is 17.2. The second-order valence-corrected chi connectivity index (χ2v) is 7.66. The molecule has 148 valence electrons. The molecule has 0 spiro atoms. The smallest absolute Gasteiger partial charge is 0.266 e. The summed E-state index contributed by atoms with van der Waals surface area (Å²) in [5, 5.41) is 3.96. The molecule has 0 bridgehead atoms. The molecule has 0 fully saturated rings. The van der Waals surface area contributed by atoms with Gasteiger partial charge in [-0.05, 0) is 57.9 Å². The number of ether oxygens (including phenoxy) is 1. The average molecular weight is 399 g/mol. The van der Waals surface area contributed by atoms with E-state index < -0.39 is 0 Å². The Morgan fingerprint density at radius 1 is 1.18 bits per heavy atom. The van der Waals surface area contributed by atoms with E-state index in [2.05, 4.69) is 34.0 Å². The van der Waals surface area contributed by atoms with Crippen molar-refractivity contribution in [3.8, 4) is 5.75 Å². The fraction of sp³-hybridized carbons (Fsp3) is 0.381. The molecular formula is C21H26N4O2S. The van der Waals surface area contributed by atoms with Crippen LogP contribution in [0.5, 0.6) is 5.75 Å². The topological polar surface area (TPSA) is 67.4 Å². The summed E-state index contributed by atoms with van der Waals surface area (Å²) in [7, 11) is 1.60. The number of aromatic nitrogens is 2. The Kier molecular flexibility index (Phi) is 5.84. The number of hydrogen-bond acceptors (Lipinski definition) is 6. The van der Waals surface area contributed by atoms with Crippen molar-refractivity contribution in [1.82, 2.24) is 9.97 Å². The molecule has 0 unspecified atom stereocenters. The van der Waals surface area contributed by atoms with Crippen molar-refractivity contribution in [2.24, 2.45) is 0 Å². The van der Waals surface area contributed by atoms with Gasteiger partial charge in [-0.1, -0.05) is 6.07 Å². The first-order chi connectivity index (χ1) is 13.4. The molecule has 2 heterocycles. The van der Waals surface area contributed by atoms with Crippen molar-refractivity contribution < 1.29 is 9.53 Å². The maximum Gasteiger partial charge on any atom is 0.266 e. The molecule has 0 aliphatic heterocycles. The van der Waals surface area contributed by atoms with Crippen LogP contribution in [0.15, 0.2) is 18.2 Å². The number of methoxy groups -OCH3 is 1. The van der Waals surface area contributed by atoms with E-state index in [1.165, 1.54) is 11.3 Å². The van der Waals surface area contributed by atoms with Crippen LogP contribution in [0.25, 0.3) is 10.2 Å². The maximum atomic E-state index is 13.1. The standard InChI is InChI=1S/C21H26N4O2S/c1-7-25(8-2)19-17-13(4)18(28-21(17)23-14(5)22-19)20(26)24-15-11-12(3)9-10-16(15)27-6/h9-11H,7-8H2,1-6H3,(H,24,26). The summed E-state index contributed by atoms with van der Waals surface area (Å²) < 4.78 is 5.38. The first kappa shape index (κ1) is 20.1. The van der Waals surface area contributed by atoms with Crippen LogP contribution in [0.2, 0.25) is 0 Å². The Hall–Kier alpha value is -2.67. The number of rotatable bonds is 6. The molecule has 0 saturated heterocycles. The van der Waals surface area contributed by atoms with Gasteiger partial charge in [0, 0.05) is 13.1 Å². The second-order valence-electron chi connectivity index (χ2n) is 6.66. The number of nitrogens with one attached hydrogen (secondary N) is 1. The molecule has 28 heavy (non-hydrogen) atoms. The summed E-state index contributed by atoms with van der Waals surface area (Å²) in [6, 6.07) is 5.72. The number of anilines is 2. The molecule has 0 atom stereocenters. The third kappa shape index (κ3) is 3.67. The highest BCUT2D eigenvalue weighted by Gasteiger charge is 2.22. The van der Waals surface area contributed by atoms with Crippen LogP contribution in [0.4, 0.5) is 11.5 Å². The number of thiophene rings is 1. The van der Waals surface area contributed by atoms with Gasteiger partial charge in [-0.3, -0.25) is 4.79 Å². The lowest BCUT2D eigenvalue weighted by Crippen LogP contribution is -2.23. The molecule has 6 nitrogen and oxygen atoms in total. The molecule has 1 amide bonds. The number of aryl methyl sites for hydroxylation is 3. The van der Waals surface area contributed by atoms with Crippen LogP contribution in [0.1, 0.15) is 40.5 Å². The molecule has 1 N–H and O–H groups in total. The summed E-state index contributed by atoms with van der Waals surface area (Å²) in [6.07, 6.45) is 0.